The lowest BCUT2D eigenvalue weighted by molar-refractivity contribution is -0.121. The lowest BCUT2D eigenvalue weighted by Gasteiger charge is -2.19. The van der Waals surface area contributed by atoms with Crippen molar-refractivity contribution in [1.29, 1.82) is 0 Å². The van der Waals surface area contributed by atoms with Gasteiger partial charge in [0.15, 0.2) is 0 Å². The van der Waals surface area contributed by atoms with Crippen LogP contribution in [0.4, 0.5) is 4.39 Å². The molecule has 8 heteroatoms. The molecule has 0 aliphatic carbocycles. The largest absolute Gasteiger partial charge is 0.351 e. The van der Waals surface area contributed by atoms with Crippen LogP contribution in [0.15, 0.2) is 53.5 Å². The normalized spacial score (nSPS) is 11.8. The smallest absolute Gasteiger partial charge is 0.252 e. The standard InChI is InChI=1S/C19H19FN4O2S/c1-24-10-9-21-18(24)17(14-4-2-3-5-15(14)20)23-16(25)6-8-22-19(26)13-7-11-27-12-13/h2-5,7,9-12,17H,6,8H2,1H3,(H,22,26)(H,23,25). The fourth-order valence-corrected chi connectivity index (χ4v) is 3.30. The number of hydrogen-bond donors (Lipinski definition) is 2. The molecule has 2 heterocycles. The van der Waals surface area contributed by atoms with Crippen LogP contribution in [-0.2, 0) is 11.8 Å². The number of nitrogens with zero attached hydrogens (tertiary/aromatic N) is 2. The molecule has 0 aliphatic heterocycles. The summed E-state index contributed by atoms with van der Waals surface area (Å²) in [5, 5.41) is 9.07. The maximum absolute atomic E-state index is 14.3. The number of thiophene rings is 1. The maximum Gasteiger partial charge on any atom is 0.252 e. The molecule has 2 N–H and O–H groups in total. The molecule has 0 aliphatic rings. The molecule has 0 fully saturated rings. The van der Waals surface area contributed by atoms with Gasteiger partial charge in [-0.25, -0.2) is 9.37 Å². The molecular weight excluding hydrogens is 367 g/mol. The van der Waals surface area contributed by atoms with Gasteiger partial charge < -0.3 is 15.2 Å². The minimum Gasteiger partial charge on any atom is -0.351 e. The summed E-state index contributed by atoms with van der Waals surface area (Å²) >= 11 is 1.43. The first kappa shape index (κ1) is 18.8. The van der Waals surface area contributed by atoms with Gasteiger partial charge in [-0.3, -0.25) is 9.59 Å². The fraction of sp³-hybridized carbons (Fsp3) is 0.211. The van der Waals surface area contributed by atoms with E-state index >= 15 is 0 Å². The Morgan fingerprint density at radius 3 is 2.78 bits per heavy atom. The topological polar surface area (TPSA) is 76.0 Å². The van der Waals surface area contributed by atoms with Gasteiger partial charge in [0.1, 0.15) is 17.7 Å². The highest BCUT2D eigenvalue weighted by molar-refractivity contribution is 7.08. The van der Waals surface area contributed by atoms with Crippen LogP contribution in [0, 0.1) is 5.82 Å². The molecule has 140 valence electrons. The van der Waals surface area contributed by atoms with Crippen molar-refractivity contribution in [3.05, 3.63) is 76.3 Å². The predicted octanol–water partition coefficient (Wildman–Crippen LogP) is 2.65. The number of imidazole rings is 1. The number of benzene rings is 1. The average Bonchev–Trinajstić information content (AvgIpc) is 3.32. The van der Waals surface area contributed by atoms with E-state index in [0.29, 0.717) is 17.0 Å². The number of amides is 2. The van der Waals surface area contributed by atoms with Gasteiger partial charge in [0, 0.05) is 48.9 Å². The van der Waals surface area contributed by atoms with Crippen molar-refractivity contribution in [2.75, 3.05) is 6.54 Å². The first-order valence-corrected chi connectivity index (χ1v) is 9.32. The number of carbonyl (C=O) groups is 2. The molecule has 3 aromatic rings. The Labute approximate surface area is 160 Å². The third-order valence-corrected chi connectivity index (χ3v) is 4.74. The summed E-state index contributed by atoms with van der Waals surface area (Å²) in [4.78, 5) is 28.5. The molecule has 0 saturated heterocycles. The third-order valence-electron chi connectivity index (χ3n) is 4.06. The third kappa shape index (κ3) is 4.59. The van der Waals surface area contributed by atoms with Crippen LogP contribution in [0.5, 0.6) is 0 Å². The summed E-state index contributed by atoms with van der Waals surface area (Å²) in [5.74, 6) is -0.428. The van der Waals surface area contributed by atoms with E-state index in [-0.39, 0.29) is 24.8 Å². The molecule has 27 heavy (non-hydrogen) atoms. The highest BCUT2D eigenvalue weighted by atomic mass is 32.1. The lowest BCUT2D eigenvalue weighted by Crippen LogP contribution is -2.34. The van der Waals surface area contributed by atoms with E-state index in [1.54, 1.807) is 53.7 Å². The van der Waals surface area contributed by atoms with Crippen LogP contribution >= 0.6 is 11.3 Å². The Balaban J connectivity index is 1.66. The minimum absolute atomic E-state index is 0.0747. The van der Waals surface area contributed by atoms with Gasteiger partial charge in [0.2, 0.25) is 5.91 Å². The Bertz CT molecular complexity index is 923. The zero-order valence-electron chi connectivity index (χ0n) is 14.7. The average molecular weight is 386 g/mol. The molecule has 2 aromatic heterocycles. The molecular formula is C19H19FN4O2S. The van der Waals surface area contributed by atoms with Crippen molar-refractivity contribution in [3.8, 4) is 0 Å². The van der Waals surface area contributed by atoms with Gasteiger partial charge in [-0.05, 0) is 17.5 Å². The molecule has 6 nitrogen and oxygen atoms in total. The van der Waals surface area contributed by atoms with Crippen molar-refractivity contribution in [1.82, 2.24) is 20.2 Å². The SMILES string of the molecule is Cn1ccnc1C(NC(=O)CCNC(=O)c1ccsc1)c1ccccc1F. The van der Waals surface area contributed by atoms with Gasteiger partial charge in [-0.1, -0.05) is 18.2 Å². The summed E-state index contributed by atoms with van der Waals surface area (Å²) in [6, 6.07) is 7.27. The summed E-state index contributed by atoms with van der Waals surface area (Å²) in [6.07, 6.45) is 3.40. The second kappa shape index (κ2) is 8.59. The first-order valence-electron chi connectivity index (χ1n) is 8.37. The van der Waals surface area contributed by atoms with E-state index in [9.17, 15) is 14.0 Å². The monoisotopic (exact) mass is 386 g/mol. The quantitative estimate of drug-likeness (QED) is 0.655. The molecule has 1 aromatic carbocycles. The van der Waals surface area contributed by atoms with Gasteiger partial charge >= 0.3 is 0 Å². The molecule has 1 unspecified atom stereocenters. The Morgan fingerprint density at radius 2 is 2.11 bits per heavy atom. The Morgan fingerprint density at radius 1 is 1.30 bits per heavy atom. The number of aryl methyl sites for hydroxylation is 1. The van der Waals surface area contributed by atoms with E-state index in [0.717, 1.165) is 0 Å². The van der Waals surface area contributed by atoms with Crippen LogP contribution in [0.1, 0.15) is 34.2 Å². The minimum atomic E-state index is -0.716. The van der Waals surface area contributed by atoms with Crippen molar-refractivity contribution in [3.63, 3.8) is 0 Å². The Hall–Kier alpha value is -3.00. The lowest BCUT2D eigenvalue weighted by atomic mass is 10.1. The summed E-state index contributed by atoms with van der Waals surface area (Å²) in [5.41, 5.74) is 0.903. The van der Waals surface area contributed by atoms with Crippen molar-refractivity contribution in [2.24, 2.45) is 7.05 Å². The van der Waals surface area contributed by atoms with Crippen LogP contribution in [-0.4, -0.2) is 27.9 Å². The van der Waals surface area contributed by atoms with E-state index < -0.39 is 11.9 Å². The molecule has 1 atom stereocenters. The maximum atomic E-state index is 14.3. The van der Waals surface area contributed by atoms with E-state index in [2.05, 4.69) is 15.6 Å². The van der Waals surface area contributed by atoms with Crippen LogP contribution in [0.25, 0.3) is 0 Å². The number of rotatable bonds is 7. The van der Waals surface area contributed by atoms with Crippen LogP contribution in [0.2, 0.25) is 0 Å². The van der Waals surface area contributed by atoms with Gasteiger partial charge in [-0.15, -0.1) is 0 Å². The number of carbonyl (C=O) groups excluding carboxylic acids is 2. The second-order valence-corrected chi connectivity index (χ2v) is 6.72. The predicted molar refractivity (Wildman–Crippen MR) is 101 cm³/mol. The summed E-state index contributed by atoms with van der Waals surface area (Å²) < 4.78 is 16.0. The first-order chi connectivity index (χ1) is 13.1. The van der Waals surface area contributed by atoms with Crippen molar-refractivity contribution >= 4 is 23.2 Å². The van der Waals surface area contributed by atoms with Crippen molar-refractivity contribution in [2.45, 2.75) is 12.5 Å². The second-order valence-electron chi connectivity index (χ2n) is 5.94. The zero-order chi connectivity index (χ0) is 19.2. The molecule has 0 bridgehead atoms. The Kier molecular flexibility index (Phi) is 5.97. The highest BCUT2D eigenvalue weighted by Crippen LogP contribution is 2.23. The fourth-order valence-electron chi connectivity index (χ4n) is 2.66. The van der Waals surface area contributed by atoms with E-state index in [1.807, 2.05) is 5.38 Å². The summed E-state index contributed by atoms with van der Waals surface area (Å²) in [7, 11) is 1.78. The summed E-state index contributed by atoms with van der Waals surface area (Å²) in [6.45, 7) is 0.186. The number of hydrogen-bond acceptors (Lipinski definition) is 4. The highest BCUT2D eigenvalue weighted by Gasteiger charge is 2.23. The molecule has 0 spiro atoms. The van der Waals surface area contributed by atoms with E-state index in [4.69, 9.17) is 0 Å². The van der Waals surface area contributed by atoms with E-state index in [1.165, 1.54) is 17.4 Å². The molecule has 0 saturated carbocycles. The molecule has 3 rings (SSSR count). The zero-order valence-corrected chi connectivity index (χ0v) is 15.5. The number of halogens is 1. The van der Waals surface area contributed by atoms with Gasteiger partial charge in [0.25, 0.3) is 5.91 Å². The molecule has 2 amide bonds. The van der Waals surface area contributed by atoms with Crippen LogP contribution < -0.4 is 10.6 Å². The van der Waals surface area contributed by atoms with Gasteiger partial charge in [0.05, 0.1) is 0 Å². The number of aromatic nitrogens is 2. The number of nitrogens with one attached hydrogen (secondary N) is 2. The van der Waals surface area contributed by atoms with Crippen LogP contribution in [0.3, 0.4) is 0 Å². The molecule has 0 radical (unpaired) electrons. The van der Waals surface area contributed by atoms with Gasteiger partial charge in [-0.2, -0.15) is 11.3 Å². The van der Waals surface area contributed by atoms with Crippen molar-refractivity contribution < 1.29 is 14.0 Å².